The second-order valence-electron chi connectivity index (χ2n) is 7.89. The van der Waals surface area contributed by atoms with Crippen LogP contribution in [0.15, 0.2) is 62.8 Å². The third-order valence-corrected chi connectivity index (χ3v) is 8.10. The van der Waals surface area contributed by atoms with Crippen molar-refractivity contribution in [1.29, 1.82) is 0 Å². The van der Waals surface area contributed by atoms with E-state index in [1.165, 1.54) is 52.8 Å². The molecule has 0 saturated carbocycles. The normalized spacial score (nSPS) is 13.6. The molecule has 1 aliphatic rings. The average molecular weight is 500 g/mol. The van der Waals surface area contributed by atoms with Crippen molar-refractivity contribution in [3.05, 3.63) is 86.7 Å². The predicted molar refractivity (Wildman–Crippen MR) is 124 cm³/mol. The molecule has 0 bridgehead atoms. The van der Waals surface area contributed by atoms with Crippen LogP contribution in [0.4, 0.5) is 0 Å². The number of ether oxygens (including phenoxy) is 1. The summed E-state index contributed by atoms with van der Waals surface area (Å²) in [5.41, 5.74) is 1.27. The largest absolute Gasteiger partial charge is 0.468 e. The van der Waals surface area contributed by atoms with Crippen molar-refractivity contribution in [2.45, 2.75) is 43.7 Å². The first-order chi connectivity index (χ1) is 16.4. The second kappa shape index (κ2) is 9.16. The lowest BCUT2D eigenvalue weighted by molar-refractivity contribution is 0.0467. The van der Waals surface area contributed by atoms with Gasteiger partial charge in [0.05, 0.1) is 29.0 Å². The topological polar surface area (TPSA) is 120 Å². The van der Waals surface area contributed by atoms with Crippen molar-refractivity contribution < 1.29 is 22.4 Å². The van der Waals surface area contributed by atoms with Crippen LogP contribution in [-0.2, 0) is 40.8 Å². The van der Waals surface area contributed by atoms with Crippen LogP contribution in [0.1, 0.15) is 45.2 Å². The first-order valence-corrected chi connectivity index (χ1v) is 13.0. The zero-order valence-corrected chi connectivity index (χ0v) is 19.7. The third kappa shape index (κ3) is 4.54. The molecule has 1 aliphatic carbocycles. The number of carbonyl (C=O) groups excluding carboxylic acids is 1. The number of rotatable bonds is 7. The molecule has 0 aliphatic heterocycles. The van der Waals surface area contributed by atoms with Gasteiger partial charge in [-0.05, 0) is 56.0 Å². The van der Waals surface area contributed by atoms with Crippen molar-refractivity contribution in [1.82, 2.24) is 14.1 Å². The summed E-state index contributed by atoms with van der Waals surface area (Å²) in [6, 6.07) is 10.2. The number of fused-ring (bicyclic) bond motifs is 3. The second-order valence-corrected chi connectivity index (χ2v) is 10.7. The van der Waals surface area contributed by atoms with Crippen molar-refractivity contribution in [3.8, 4) is 0 Å². The van der Waals surface area contributed by atoms with Crippen LogP contribution in [0.3, 0.4) is 0 Å². The van der Waals surface area contributed by atoms with E-state index in [0.29, 0.717) is 16.4 Å². The van der Waals surface area contributed by atoms with Crippen LogP contribution >= 0.6 is 11.3 Å². The van der Waals surface area contributed by atoms with Gasteiger partial charge in [-0.15, -0.1) is 11.3 Å². The zero-order valence-electron chi connectivity index (χ0n) is 18.0. The van der Waals surface area contributed by atoms with E-state index in [0.717, 1.165) is 31.4 Å². The summed E-state index contributed by atoms with van der Waals surface area (Å²) in [5, 5.41) is 0. The molecule has 0 radical (unpaired) electrons. The van der Waals surface area contributed by atoms with Gasteiger partial charge in [-0.3, -0.25) is 9.20 Å². The minimum absolute atomic E-state index is 0.0140. The number of hydrogen-bond donors (Lipinski definition) is 1. The van der Waals surface area contributed by atoms with Crippen molar-refractivity contribution in [3.63, 3.8) is 0 Å². The Kier molecular flexibility index (Phi) is 6.07. The van der Waals surface area contributed by atoms with Gasteiger partial charge in [0.1, 0.15) is 12.4 Å². The zero-order chi connectivity index (χ0) is 23.7. The highest BCUT2D eigenvalue weighted by molar-refractivity contribution is 7.89. The summed E-state index contributed by atoms with van der Waals surface area (Å²) in [7, 11) is -3.86. The van der Waals surface area contributed by atoms with Crippen LogP contribution in [0.25, 0.3) is 4.96 Å². The van der Waals surface area contributed by atoms with Crippen LogP contribution in [-0.4, -0.2) is 23.8 Å². The highest BCUT2D eigenvalue weighted by atomic mass is 32.2. The van der Waals surface area contributed by atoms with Gasteiger partial charge in [0, 0.05) is 16.6 Å². The molecular weight excluding hydrogens is 478 g/mol. The summed E-state index contributed by atoms with van der Waals surface area (Å²) in [6.45, 7) is -0.208. The monoisotopic (exact) mass is 499 g/mol. The number of carbonyl (C=O) groups is 1. The summed E-state index contributed by atoms with van der Waals surface area (Å²) < 4.78 is 39.7. The quantitative estimate of drug-likeness (QED) is 0.388. The number of esters is 1. The van der Waals surface area contributed by atoms with Crippen molar-refractivity contribution in [2.75, 3.05) is 0 Å². The molecule has 0 unspecified atom stereocenters. The lowest BCUT2D eigenvalue weighted by atomic mass is 10.0. The number of sulfonamides is 1. The fourth-order valence-corrected chi connectivity index (χ4v) is 6.16. The number of furan rings is 1. The minimum atomic E-state index is -3.86. The molecule has 3 heterocycles. The number of nitrogens with one attached hydrogen (secondary N) is 1. The Hall–Kier alpha value is -3.28. The highest BCUT2D eigenvalue weighted by Gasteiger charge is 2.20. The van der Waals surface area contributed by atoms with E-state index in [9.17, 15) is 18.0 Å². The van der Waals surface area contributed by atoms with E-state index in [-0.39, 0.29) is 29.2 Å². The van der Waals surface area contributed by atoms with Gasteiger partial charge in [-0.1, -0.05) is 6.07 Å². The first kappa shape index (κ1) is 22.5. The minimum Gasteiger partial charge on any atom is -0.468 e. The maximum Gasteiger partial charge on any atom is 0.338 e. The Morgan fingerprint density at radius 2 is 2.03 bits per heavy atom. The molecule has 1 N–H and O–H groups in total. The van der Waals surface area contributed by atoms with Gasteiger partial charge in [0.2, 0.25) is 10.0 Å². The summed E-state index contributed by atoms with van der Waals surface area (Å²) >= 11 is 1.50. The molecule has 176 valence electrons. The van der Waals surface area contributed by atoms with Gasteiger partial charge in [0.15, 0.2) is 4.96 Å². The van der Waals surface area contributed by atoms with Gasteiger partial charge in [-0.25, -0.2) is 22.9 Å². The lowest BCUT2D eigenvalue weighted by Crippen LogP contribution is -2.23. The van der Waals surface area contributed by atoms with E-state index in [2.05, 4.69) is 9.71 Å². The molecule has 11 heteroatoms. The van der Waals surface area contributed by atoms with Gasteiger partial charge in [-0.2, -0.15) is 0 Å². The molecule has 1 aromatic carbocycles. The van der Waals surface area contributed by atoms with Gasteiger partial charge >= 0.3 is 5.97 Å². The number of aryl methyl sites for hydroxylation is 2. The van der Waals surface area contributed by atoms with Gasteiger partial charge < -0.3 is 9.15 Å². The summed E-state index contributed by atoms with van der Waals surface area (Å²) in [4.78, 5) is 31.5. The number of benzene rings is 1. The Morgan fingerprint density at radius 3 is 2.85 bits per heavy atom. The molecule has 9 nitrogen and oxygen atoms in total. The van der Waals surface area contributed by atoms with Crippen molar-refractivity contribution >= 4 is 32.3 Å². The average Bonchev–Trinajstić information content (AvgIpc) is 3.49. The predicted octanol–water partition coefficient (Wildman–Crippen LogP) is 3.06. The van der Waals surface area contributed by atoms with Crippen molar-refractivity contribution in [2.24, 2.45) is 0 Å². The fourth-order valence-electron chi connectivity index (χ4n) is 3.89. The van der Waals surface area contributed by atoms with E-state index >= 15 is 0 Å². The lowest BCUT2D eigenvalue weighted by Gasteiger charge is -2.10. The Morgan fingerprint density at radius 1 is 1.18 bits per heavy atom. The van der Waals surface area contributed by atoms with E-state index in [1.54, 1.807) is 16.5 Å². The van der Waals surface area contributed by atoms with Crippen LogP contribution in [0, 0.1) is 0 Å². The fraction of sp³-hybridized carbons (Fsp3) is 0.261. The molecule has 0 amide bonds. The standard InChI is InChI=1S/C23H21N3O6S2/c27-21-12-16(25-23-26(21)19-8-1-2-9-20(19)33-23)14-32-22(28)15-5-3-7-18(11-15)34(29,30)24-13-17-6-4-10-31-17/h3-7,10-12,24H,1-2,8-9,13-14H2. The van der Waals surface area contributed by atoms with Crippen LogP contribution in [0.5, 0.6) is 0 Å². The Bertz CT molecular complexity index is 1520. The number of aromatic nitrogens is 2. The summed E-state index contributed by atoms with van der Waals surface area (Å²) in [5.74, 6) is -0.248. The molecular formula is C23H21N3O6S2. The SMILES string of the molecule is O=C(OCc1cc(=O)n2c3c(sc2n1)CCCC3)c1cccc(S(=O)(=O)NCc2ccco2)c1. The van der Waals surface area contributed by atoms with E-state index in [4.69, 9.17) is 9.15 Å². The molecule has 0 fully saturated rings. The van der Waals surface area contributed by atoms with Crippen LogP contribution < -0.4 is 10.3 Å². The third-order valence-electron chi connectivity index (χ3n) is 5.56. The van der Waals surface area contributed by atoms with E-state index < -0.39 is 16.0 Å². The molecule has 34 heavy (non-hydrogen) atoms. The molecule has 5 rings (SSSR count). The maximum absolute atomic E-state index is 12.7. The Labute approximate surface area is 199 Å². The number of nitrogens with zero attached hydrogens (tertiary/aromatic N) is 2. The molecule has 0 atom stereocenters. The summed E-state index contributed by atoms with van der Waals surface area (Å²) in [6.07, 6.45) is 5.42. The molecule has 4 aromatic rings. The number of thiazole rings is 1. The Balaban J connectivity index is 1.29. The first-order valence-electron chi connectivity index (χ1n) is 10.7. The molecule has 0 spiro atoms. The van der Waals surface area contributed by atoms with E-state index in [1.807, 2.05) is 0 Å². The van der Waals surface area contributed by atoms with Crippen LogP contribution in [0.2, 0.25) is 0 Å². The van der Waals surface area contributed by atoms with Gasteiger partial charge in [0.25, 0.3) is 5.56 Å². The highest BCUT2D eigenvalue weighted by Crippen LogP contribution is 2.28. The smallest absolute Gasteiger partial charge is 0.338 e. The molecule has 3 aromatic heterocycles. The number of hydrogen-bond acceptors (Lipinski definition) is 8. The molecule has 0 saturated heterocycles. The maximum atomic E-state index is 12.7.